The first-order valence-corrected chi connectivity index (χ1v) is 6.77. The molecule has 1 aromatic carbocycles. The molecule has 5 heteroatoms. The summed E-state index contributed by atoms with van der Waals surface area (Å²) >= 11 is 0. The van der Waals surface area contributed by atoms with Crippen molar-refractivity contribution >= 4 is 5.91 Å². The van der Waals surface area contributed by atoms with Gasteiger partial charge in [-0.1, -0.05) is 13.8 Å². The van der Waals surface area contributed by atoms with Crippen molar-refractivity contribution in [1.29, 1.82) is 0 Å². The highest BCUT2D eigenvalue weighted by atomic mass is 19.1. The van der Waals surface area contributed by atoms with Gasteiger partial charge < -0.3 is 15.2 Å². The second-order valence-corrected chi connectivity index (χ2v) is 5.18. The predicted octanol–water partition coefficient (Wildman–Crippen LogP) is 2.42. The Hall–Kier alpha value is -1.62. The van der Waals surface area contributed by atoms with Crippen LogP contribution < -0.4 is 10.1 Å². The lowest BCUT2D eigenvalue weighted by molar-refractivity contribution is -0.123. The number of hydrogen-bond acceptors (Lipinski definition) is 3. The van der Waals surface area contributed by atoms with Crippen LogP contribution in [0.1, 0.15) is 38.9 Å². The van der Waals surface area contributed by atoms with Crippen molar-refractivity contribution in [3.8, 4) is 5.75 Å². The Morgan fingerprint density at radius 1 is 1.40 bits per heavy atom. The van der Waals surface area contributed by atoms with Crippen molar-refractivity contribution in [1.82, 2.24) is 5.32 Å². The summed E-state index contributed by atoms with van der Waals surface area (Å²) in [6, 6.07) is 3.85. The summed E-state index contributed by atoms with van der Waals surface area (Å²) in [5.41, 5.74) is 0.333. The number of ether oxygens (including phenoxy) is 1. The summed E-state index contributed by atoms with van der Waals surface area (Å²) in [4.78, 5) is 11.6. The molecule has 0 radical (unpaired) electrons. The molecule has 1 rings (SSSR count). The second kappa shape index (κ2) is 7.85. The molecule has 1 amide bonds. The van der Waals surface area contributed by atoms with Gasteiger partial charge in [0.1, 0.15) is 11.6 Å². The van der Waals surface area contributed by atoms with Gasteiger partial charge in [0.05, 0.1) is 6.10 Å². The molecule has 2 N–H and O–H groups in total. The lowest BCUT2D eigenvalue weighted by Crippen LogP contribution is -2.30. The van der Waals surface area contributed by atoms with Crippen LogP contribution in [0.3, 0.4) is 0 Å². The van der Waals surface area contributed by atoms with Crippen molar-refractivity contribution in [2.75, 3.05) is 13.2 Å². The largest absolute Gasteiger partial charge is 0.483 e. The number of nitrogens with one attached hydrogen (secondary N) is 1. The van der Waals surface area contributed by atoms with Crippen LogP contribution in [0.2, 0.25) is 0 Å². The van der Waals surface area contributed by atoms with Gasteiger partial charge in [-0.3, -0.25) is 4.79 Å². The van der Waals surface area contributed by atoms with Gasteiger partial charge in [0.2, 0.25) is 0 Å². The quantitative estimate of drug-likeness (QED) is 0.808. The fraction of sp³-hybridized carbons (Fsp3) is 0.533. The van der Waals surface area contributed by atoms with E-state index in [-0.39, 0.29) is 12.5 Å². The molecule has 0 aliphatic heterocycles. The first kappa shape index (κ1) is 16.4. The van der Waals surface area contributed by atoms with Crippen molar-refractivity contribution in [3.05, 3.63) is 29.6 Å². The zero-order valence-corrected chi connectivity index (χ0v) is 12.1. The van der Waals surface area contributed by atoms with E-state index in [1.165, 1.54) is 25.1 Å². The SMILES string of the molecule is CC(C)CCNC(=O)COc1ccc(F)cc1[C@@H](C)O. The van der Waals surface area contributed by atoms with Crippen LogP contribution in [0, 0.1) is 11.7 Å². The maximum atomic E-state index is 13.1. The zero-order valence-electron chi connectivity index (χ0n) is 12.1. The van der Waals surface area contributed by atoms with Crippen LogP contribution in [0.25, 0.3) is 0 Å². The normalized spacial score (nSPS) is 12.3. The Bertz CT molecular complexity index is 447. The first-order chi connectivity index (χ1) is 9.40. The van der Waals surface area contributed by atoms with E-state index >= 15 is 0 Å². The average Bonchev–Trinajstić information content (AvgIpc) is 2.36. The van der Waals surface area contributed by atoms with Gasteiger partial charge in [0, 0.05) is 12.1 Å². The third-order valence-electron chi connectivity index (χ3n) is 2.82. The lowest BCUT2D eigenvalue weighted by Gasteiger charge is -2.13. The molecule has 0 aliphatic carbocycles. The molecule has 112 valence electrons. The zero-order chi connectivity index (χ0) is 15.1. The first-order valence-electron chi connectivity index (χ1n) is 6.77. The summed E-state index contributed by atoms with van der Waals surface area (Å²) in [5, 5.41) is 12.3. The molecule has 0 heterocycles. The van der Waals surface area contributed by atoms with E-state index in [0.717, 1.165) is 6.42 Å². The molecule has 0 saturated carbocycles. The lowest BCUT2D eigenvalue weighted by atomic mass is 10.1. The predicted molar refractivity (Wildman–Crippen MR) is 75.0 cm³/mol. The Morgan fingerprint density at radius 2 is 2.10 bits per heavy atom. The maximum Gasteiger partial charge on any atom is 0.257 e. The molecule has 0 spiro atoms. The summed E-state index contributed by atoms with van der Waals surface area (Å²) in [7, 11) is 0. The molecule has 1 atom stereocenters. The fourth-order valence-electron chi connectivity index (χ4n) is 1.67. The molecular weight excluding hydrogens is 261 g/mol. The molecule has 0 saturated heterocycles. The van der Waals surface area contributed by atoms with Gasteiger partial charge in [-0.2, -0.15) is 0 Å². The number of carbonyl (C=O) groups excluding carboxylic acids is 1. The van der Waals surface area contributed by atoms with Crippen LogP contribution in [-0.4, -0.2) is 24.2 Å². The van der Waals surface area contributed by atoms with Crippen LogP contribution in [-0.2, 0) is 4.79 Å². The topological polar surface area (TPSA) is 58.6 Å². The number of hydrogen-bond donors (Lipinski definition) is 2. The number of amides is 1. The number of rotatable bonds is 7. The number of benzene rings is 1. The molecule has 0 bridgehead atoms. The maximum absolute atomic E-state index is 13.1. The van der Waals surface area contributed by atoms with E-state index in [1.54, 1.807) is 0 Å². The summed E-state index contributed by atoms with van der Waals surface area (Å²) in [6.07, 6.45) is 0.0472. The van der Waals surface area contributed by atoms with E-state index in [9.17, 15) is 14.3 Å². The smallest absolute Gasteiger partial charge is 0.257 e. The Balaban J connectivity index is 2.51. The molecule has 0 fully saturated rings. The number of carbonyl (C=O) groups is 1. The monoisotopic (exact) mass is 283 g/mol. The summed E-state index contributed by atoms with van der Waals surface area (Å²) in [5.74, 6) is 0.164. The van der Waals surface area contributed by atoms with Crippen LogP contribution in [0.5, 0.6) is 5.75 Å². The fourth-order valence-corrected chi connectivity index (χ4v) is 1.67. The van der Waals surface area contributed by atoms with Gasteiger partial charge >= 0.3 is 0 Å². The minimum Gasteiger partial charge on any atom is -0.483 e. The Labute approximate surface area is 119 Å². The highest BCUT2D eigenvalue weighted by Crippen LogP contribution is 2.25. The average molecular weight is 283 g/mol. The highest BCUT2D eigenvalue weighted by Gasteiger charge is 2.12. The van der Waals surface area contributed by atoms with Crippen LogP contribution in [0.15, 0.2) is 18.2 Å². The molecule has 4 nitrogen and oxygen atoms in total. The van der Waals surface area contributed by atoms with Gasteiger partial charge in [0.25, 0.3) is 5.91 Å². The van der Waals surface area contributed by atoms with E-state index in [1.807, 2.05) is 0 Å². The van der Waals surface area contributed by atoms with E-state index in [0.29, 0.717) is 23.8 Å². The summed E-state index contributed by atoms with van der Waals surface area (Å²) < 4.78 is 18.4. The standard InChI is InChI=1S/C15H22FNO3/c1-10(2)6-7-17-15(19)9-20-14-5-4-12(16)8-13(14)11(3)18/h4-5,8,10-11,18H,6-7,9H2,1-3H3,(H,17,19)/t11-/m1/s1. The van der Waals surface area contributed by atoms with Gasteiger partial charge in [-0.25, -0.2) is 4.39 Å². The van der Waals surface area contributed by atoms with Crippen LogP contribution >= 0.6 is 0 Å². The number of aliphatic hydroxyl groups is 1. The molecule has 20 heavy (non-hydrogen) atoms. The van der Waals surface area contributed by atoms with E-state index in [2.05, 4.69) is 19.2 Å². The second-order valence-electron chi connectivity index (χ2n) is 5.18. The van der Waals surface area contributed by atoms with E-state index in [4.69, 9.17) is 4.74 Å². The highest BCUT2D eigenvalue weighted by molar-refractivity contribution is 5.77. The van der Waals surface area contributed by atoms with Crippen molar-refractivity contribution in [2.24, 2.45) is 5.92 Å². The molecule has 0 aromatic heterocycles. The Kier molecular flexibility index (Phi) is 6.45. The third-order valence-corrected chi connectivity index (χ3v) is 2.82. The van der Waals surface area contributed by atoms with Crippen LogP contribution in [0.4, 0.5) is 4.39 Å². The van der Waals surface area contributed by atoms with Gasteiger partial charge in [0.15, 0.2) is 6.61 Å². The summed E-state index contributed by atoms with van der Waals surface area (Å²) in [6.45, 7) is 6.13. The van der Waals surface area contributed by atoms with Crippen molar-refractivity contribution in [2.45, 2.75) is 33.3 Å². The molecule has 0 unspecified atom stereocenters. The van der Waals surface area contributed by atoms with E-state index < -0.39 is 11.9 Å². The number of halogens is 1. The molecule has 0 aliphatic rings. The minimum atomic E-state index is -0.857. The van der Waals surface area contributed by atoms with Crippen molar-refractivity contribution < 1.29 is 19.0 Å². The molecular formula is C15H22FNO3. The number of aliphatic hydroxyl groups excluding tert-OH is 1. The third kappa shape index (κ3) is 5.57. The minimum absolute atomic E-state index is 0.149. The van der Waals surface area contributed by atoms with Crippen molar-refractivity contribution in [3.63, 3.8) is 0 Å². The molecule has 1 aromatic rings. The van der Waals surface area contributed by atoms with Gasteiger partial charge in [-0.15, -0.1) is 0 Å². The van der Waals surface area contributed by atoms with Gasteiger partial charge in [-0.05, 0) is 37.5 Å². The Morgan fingerprint density at radius 3 is 2.70 bits per heavy atom.